The van der Waals surface area contributed by atoms with Crippen molar-refractivity contribution >= 4 is 5.82 Å². The van der Waals surface area contributed by atoms with Crippen LogP contribution in [0.5, 0.6) is 0 Å². The summed E-state index contributed by atoms with van der Waals surface area (Å²) in [7, 11) is 2.15. The molecular formula is C13H20N6. The van der Waals surface area contributed by atoms with Gasteiger partial charge < -0.3 is 10.2 Å². The molecule has 102 valence electrons. The lowest BCUT2D eigenvalue weighted by Crippen LogP contribution is -2.47. The fourth-order valence-electron chi connectivity index (χ4n) is 2.22. The standard InChI is InChI=1S/C13H20N6/c1-11(10-19-7-5-18(2)6-8-19)17-13-12(9-14)15-3-4-16-13/h3-4,11H,5-8,10H2,1-2H3,(H,16,17). The Kier molecular flexibility index (Phi) is 4.66. The molecule has 1 aromatic heterocycles. The van der Waals surface area contributed by atoms with E-state index in [0.717, 1.165) is 32.7 Å². The van der Waals surface area contributed by atoms with Gasteiger partial charge in [0.05, 0.1) is 0 Å². The van der Waals surface area contributed by atoms with Crippen LogP contribution in [0.25, 0.3) is 0 Å². The van der Waals surface area contributed by atoms with Crippen molar-refractivity contribution in [2.75, 3.05) is 45.1 Å². The quantitative estimate of drug-likeness (QED) is 0.845. The Labute approximate surface area is 114 Å². The number of nitrogens with zero attached hydrogens (tertiary/aromatic N) is 5. The van der Waals surface area contributed by atoms with Crippen LogP contribution in [0.15, 0.2) is 12.4 Å². The van der Waals surface area contributed by atoms with Crippen LogP contribution in [-0.2, 0) is 0 Å². The lowest BCUT2D eigenvalue weighted by atomic mass is 10.2. The molecule has 0 amide bonds. The van der Waals surface area contributed by atoms with E-state index in [0.29, 0.717) is 11.5 Å². The SMILES string of the molecule is CC(CN1CCN(C)CC1)Nc1nccnc1C#N. The van der Waals surface area contributed by atoms with Crippen LogP contribution in [-0.4, -0.2) is 65.6 Å². The zero-order valence-corrected chi connectivity index (χ0v) is 11.5. The smallest absolute Gasteiger partial charge is 0.182 e. The fraction of sp³-hybridized carbons (Fsp3) is 0.615. The first-order valence-electron chi connectivity index (χ1n) is 6.57. The molecule has 1 N–H and O–H groups in total. The van der Waals surface area contributed by atoms with E-state index in [1.807, 2.05) is 0 Å². The molecule has 1 saturated heterocycles. The largest absolute Gasteiger partial charge is 0.364 e. The zero-order valence-electron chi connectivity index (χ0n) is 11.5. The molecule has 1 aliphatic rings. The van der Waals surface area contributed by atoms with Gasteiger partial charge in [0.1, 0.15) is 6.07 Å². The number of hydrogen-bond acceptors (Lipinski definition) is 6. The van der Waals surface area contributed by atoms with Gasteiger partial charge in [0.25, 0.3) is 0 Å². The summed E-state index contributed by atoms with van der Waals surface area (Å²) in [5, 5.41) is 12.2. The molecule has 0 aliphatic carbocycles. The van der Waals surface area contributed by atoms with Gasteiger partial charge >= 0.3 is 0 Å². The average molecular weight is 260 g/mol. The van der Waals surface area contributed by atoms with E-state index >= 15 is 0 Å². The normalized spacial score (nSPS) is 18.8. The summed E-state index contributed by atoms with van der Waals surface area (Å²) >= 11 is 0. The third kappa shape index (κ3) is 3.88. The fourth-order valence-corrected chi connectivity index (χ4v) is 2.22. The van der Waals surface area contributed by atoms with E-state index in [-0.39, 0.29) is 6.04 Å². The first-order valence-corrected chi connectivity index (χ1v) is 6.57. The highest BCUT2D eigenvalue weighted by Crippen LogP contribution is 2.09. The van der Waals surface area contributed by atoms with Crippen molar-refractivity contribution in [2.45, 2.75) is 13.0 Å². The number of likely N-dealkylation sites (N-methyl/N-ethyl adjacent to an activating group) is 1. The number of nitrogens with one attached hydrogen (secondary N) is 1. The minimum absolute atomic E-state index is 0.243. The molecule has 0 bridgehead atoms. The van der Waals surface area contributed by atoms with Gasteiger partial charge in [-0.05, 0) is 14.0 Å². The maximum atomic E-state index is 8.97. The number of aromatic nitrogens is 2. The van der Waals surface area contributed by atoms with Crippen molar-refractivity contribution in [1.82, 2.24) is 19.8 Å². The highest BCUT2D eigenvalue weighted by molar-refractivity contribution is 5.47. The predicted octanol–water partition coefficient (Wildman–Crippen LogP) is 0.396. The van der Waals surface area contributed by atoms with Gasteiger partial charge in [-0.3, -0.25) is 4.90 Å². The summed E-state index contributed by atoms with van der Waals surface area (Å²) in [5.74, 6) is 0.576. The number of rotatable bonds is 4. The van der Waals surface area contributed by atoms with E-state index in [2.05, 4.69) is 45.1 Å². The molecule has 1 fully saturated rings. The van der Waals surface area contributed by atoms with E-state index in [4.69, 9.17) is 5.26 Å². The molecule has 0 spiro atoms. The van der Waals surface area contributed by atoms with Crippen molar-refractivity contribution in [3.8, 4) is 6.07 Å². The van der Waals surface area contributed by atoms with Gasteiger partial charge in [0, 0.05) is 51.2 Å². The minimum atomic E-state index is 0.243. The van der Waals surface area contributed by atoms with Gasteiger partial charge in [-0.15, -0.1) is 0 Å². The van der Waals surface area contributed by atoms with Crippen LogP contribution in [0.1, 0.15) is 12.6 Å². The molecule has 19 heavy (non-hydrogen) atoms. The van der Waals surface area contributed by atoms with E-state index in [1.165, 1.54) is 6.20 Å². The number of nitriles is 1. The Morgan fingerprint density at radius 1 is 1.32 bits per heavy atom. The highest BCUT2D eigenvalue weighted by atomic mass is 15.3. The van der Waals surface area contributed by atoms with Gasteiger partial charge in [-0.1, -0.05) is 0 Å². The molecule has 2 rings (SSSR count). The number of piperazine rings is 1. The van der Waals surface area contributed by atoms with Crippen LogP contribution in [0.3, 0.4) is 0 Å². The van der Waals surface area contributed by atoms with Gasteiger partial charge in [0.15, 0.2) is 11.5 Å². The Bertz CT molecular complexity index is 447. The number of anilines is 1. The molecule has 1 unspecified atom stereocenters. The summed E-state index contributed by atoms with van der Waals surface area (Å²) < 4.78 is 0. The third-order valence-electron chi connectivity index (χ3n) is 3.32. The van der Waals surface area contributed by atoms with E-state index in [1.54, 1.807) is 6.20 Å². The zero-order chi connectivity index (χ0) is 13.7. The van der Waals surface area contributed by atoms with Crippen molar-refractivity contribution in [2.24, 2.45) is 0 Å². The topological polar surface area (TPSA) is 68.1 Å². The highest BCUT2D eigenvalue weighted by Gasteiger charge is 2.16. The molecule has 2 heterocycles. The van der Waals surface area contributed by atoms with Gasteiger partial charge in [-0.2, -0.15) is 5.26 Å². The third-order valence-corrected chi connectivity index (χ3v) is 3.32. The molecule has 6 nitrogen and oxygen atoms in total. The second-order valence-corrected chi connectivity index (χ2v) is 5.01. The maximum Gasteiger partial charge on any atom is 0.182 e. The van der Waals surface area contributed by atoms with Crippen molar-refractivity contribution in [1.29, 1.82) is 5.26 Å². The monoisotopic (exact) mass is 260 g/mol. The Morgan fingerprint density at radius 2 is 2.00 bits per heavy atom. The first kappa shape index (κ1) is 13.7. The van der Waals surface area contributed by atoms with Gasteiger partial charge in [0.2, 0.25) is 0 Å². The minimum Gasteiger partial charge on any atom is -0.364 e. The molecule has 1 aromatic rings. The Balaban J connectivity index is 1.87. The summed E-state index contributed by atoms with van der Waals surface area (Å²) in [4.78, 5) is 12.9. The van der Waals surface area contributed by atoms with Crippen LogP contribution in [0, 0.1) is 11.3 Å². The summed E-state index contributed by atoms with van der Waals surface area (Å²) in [6.07, 6.45) is 3.14. The van der Waals surface area contributed by atoms with Crippen molar-refractivity contribution in [3.05, 3.63) is 18.1 Å². The average Bonchev–Trinajstić information content (AvgIpc) is 2.42. The van der Waals surface area contributed by atoms with E-state index in [9.17, 15) is 0 Å². The molecule has 0 saturated carbocycles. The van der Waals surface area contributed by atoms with Gasteiger partial charge in [-0.25, -0.2) is 9.97 Å². The van der Waals surface area contributed by atoms with Crippen molar-refractivity contribution < 1.29 is 0 Å². The molecule has 1 atom stereocenters. The Hall–Kier alpha value is -1.71. The van der Waals surface area contributed by atoms with Crippen LogP contribution >= 0.6 is 0 Å². The molecular weight excluding hydrogens is 240 g/mol. The van der Waals surface area contributed by atoms with Crippen LogP contribution in [0.2, 0.25) is 0 Å². The lowest BCUT2D eigenvalue weighted by molar-refractivity contribution is 0.151. The second-order valence-electron chi connectivity index (χ2n) is 5.01. The lowest BCUT2D eigenvalue weighted by Gasteiger charge is -2.34. The molecule has 6 heteroatoms. The summed E-state index contributed by atoms with van der Waals surface area (Å²) in [6.45, 7) is 7.47. The first-order chi connectivity index (χ1) is 9.19. The van der Waals surface area contributed by atoms with Crippen LogP contribution in [0.4, 0.5) is 5.82 Å². The molecule has 1 aliphatic heterocycles. The Morgan fingerprint density at radius 3 is 2.68 bits per heavy atom. The van der Waals surface area contributed by atoms with E-state index < -0.39 is 0 Å². The number of hydrogen-bond donors (Lipinski definition) is 1. The molecule has 0 radical (unpaired) electrons. The maximum absolute atomic E-state index is 8.97. The summed E-state index contributed by atoms with van der Waals surface area (Å²) in [6, 6.07) is 2.30. The summed E-state index contributed by atoms with van der Waals surface area (Å²) in [5.41, 5.74) is 0.354. The predicted molar refractivity (Wildman–Crippen MR) is 73.8 cm³/mol. The van der Waals surface area contributed by atoms with Crippen molar-refractivity contribution in [3.63, 3.8) is 0 Å². The van der Waals surface area contributed by atoms with Crippen LogP contribution < -0.4 is 5.32 Å². The second kappa shape index (κ2) is 6.45. The molecule has 0 aromatic carbocycles.